The number of hydrogen-bond acceptors (Lipinski definition) is 8. The number of amides is 1. The summed E-state index contributed by atoms with van der Waals surface area (Å²) in [6, 6.07) is 18.4. The van der Waals surface area contributed by atoms with Crippen LogP contribution in [0.4, 0.5) is 16.2 Å². The largest absolute Gasteiger partial charge is 0.493 e. The number of nitrogen functional groups attached to an aromatic ring is 1. The molecule has 1 aliphatic heterocycles. The summed E-state index contributed by atoms with van der Waals surface area (Å²) in [7, 11) is 3.18. The number of nitrogens with zero attached hydrogens (tertiary/aromatic N) is 4. The summed E-state index contributed by atoms with van der Waals surface area (Å²) in [5.74, 6) is 3.27. The lowest BCUT2D eigenvalue weighted by molar-refractivity contribution is -0.132. The molecule has 49 heavy (non-hydrogen) atoms. The quantitative estimate of drug-likeness (QED) is 0.169. The molecule has 1 amide bonds. The average Bonchev–Trinajstić information content (AvgIpc) is 3.58. The van der Waals surface area contributed by atoms with Crippen LogP contribution in [0, 0.1) is 17.7 Å². The fourth-order valence-corrected chi connectivity index (χ4v) is 7.68. The number of piperazine rings is 1. The van der Waals surface area contributed by atoms with Crippen LogP contribution in [0.25, 0.3) is 10.9 Å². The van der Waals surface area contributed by atoms with Crippen LogP contribution in [0.1, 0.15) is 74.7 Å². The number of anilines is 2. The Bertz CT molecular complexity index is 1750. The first kappa shape index (κ1) is 34.4. The van der Waals surface area contributed by atoms with Gasteiger partial charge in [-0.3, -0.25) is 4.79 Å². The van der Waals surface area contributed by atoms with Crippen molar-refractivity contribution in [1.29, 1.82) is 0 Å². The smallest absolute Gasteiger partial charge is 0.228 e. The number of nitrogens with two attached hydrogens (primary N) is 1. The molecule has 4 aromatic rings. The molecule has 3 N–H and O–H groups in total. The van der Waals surface area contributed by atoms with Crippen LogP contribution < -0.4 is 25.4 Å². The summed E-state index contributed by atoms with van der Waals surface area (Å²) < 4.78 is 24.8. The molecule has 2 fully saturated rings. The van der Waals surface area contributed by atoms with Crippen molar-refractivity contribution in [3.63, 3.8) is 0 Å². The Kier molecular flexibility index (Phi) is 10.8. The van der Waals surface area contributed by atoms with E-state index in [0.717, 1.165) is 23.5 Å². The van der Waals surface area contributed by atoms with E-state index in [2.05, 4.69) is 41.4 Å². The number of benzene rings is 3. The first-order chi connectivity index (χ1) is 23.8. The van der Waals surface area contributed by atoms with Crippen molar-refractivity contribution < 1.29 is 18.7 Å². The molecule has 0 spiro atoms. The topological polar surface area (TPSA) is 106 Å². The Hall–Kier alpha value is -4.44. The third kappa shape index (κ3) is 7.75. The molecule has 0 radical (unpaired) electrons. The number of hydrogen-bond donors (Lipinski definition) is 2. The van der Waals surface area contributed by atoms with Gasteiger partial charge in [0.1, 0.15) is 11.6 Å². The predicted molar refractivity (Wildman–Crippen MR) is 192 cm³/mol. The van der Waals surface area contributed by atoms with Crippen molar-refractivity contribution in [3.05, 3.63) is 83.2 Å². The standard InChI is InChI=1S/C39H49FN6O3/c1-5-25-10-11-27(18-25)19-26-8-7-9-29(20-26)34-24-45(37(47)23-32(42-6-2)28-12-14-30(40)15-13-28)16-17-46(34)39-43-33-22-36(49-4)35(48-3)21-31(33)38(41)44-39/h7-9,12-15,20-22,25,27,32,34,42H,5-6,10-11,16-19,23-24H2,1-4H3,(H2,41,43,44)/t25?,27?,32-,34?/m1/s1. The number of nitrogens with one attached hydrogen (secondary N) is 1. The normalized spacial score (nSPS) is 20.1. The summed E-state index contributed by atoms with van der Waals surface area (Å²) in [4.78, 5) is 27.9. The minimum absolute atomic E-state index is 0.0448. The first-order valence-electron chi connectivity index (χ1n) is 17.6. The van der Waals surface area contributed by atoms with Crippen LogP contribution in [0.2, 0.25) is 0 Å². The number of fused-ring (bicyclic) bond motifs is 1. The van der Waals surface area contributed by atoms with E-state index in [9.17, 15) is 9.18 Å². The van der Waals surface area contributed by atoms with Crippen LogP contribution in [0.15, 0.2) is 60.7 Å². The van der Waals surface area contributed by atoms with Gasteiger partial charge in [0, 0.05) is 43.5 Å². The van der Waals surface area contributed by atoms with E-state index in [1.54, 1.807) is 32.4 Å². The highest BCUT2D eigenvalue weighted by Crippen LogP contribution is 2.38. The minimum Gasteiger partial charge on any atom is -0.493 e. The molecular formula is C39H49FN6O3. The summed E-state index contributed by atoms with van der Waals surface area (Å²) in [6.07, 6.45) is 6.46. The zero-order valence-corrected chi connectivity index (χ0v) is 29.1. The highest BCUT2D eigenvalue weighted by Gasteiger charge is 2.34. The van der Waals surface area contributed by atoms with Crippen molar-refractivity contribution >= 4 is 28.6 Å². The Morgan fingerprint density at radius 3 is 2.47 bits per heavy atom. The number of aromatic nitrogens is 2. The third-order valence-corrected chi connectivity index (χ3v) is 10.4. The third-order valence-electron chi connectivity index (χ3n) is 10.4. The number of carbonyl (C=O) groups is 1. The molecule has 10 heteroatoms. The van der Waals surface area contributed by atoms with Gasteiger partial charge in [0.05, 0.1) is 25.8 Å². The number of ether oxygens (including phenoxy) is 2. The summed E-state index contributed by atoms with van der Waals surface area (Å²) >= 11 is 0. The zero-order valence-electron chi connectivity index (χ0n) is 29.1. The molecule has 1 aromatic heterocycles. The lowest BCUT2D eigenvalue weighted by Gasteiger charge is -2.42. The zero-order chi connectivity index (χ0) is 34.5. The van der Waals surface area contributed by atoms with Gasteiger partial charge in [0.25, 0.3) is 0 Å². The van der Waals surface area contributed by atoms with Gasteiger partial charge in [-0.15, -0.1) is 0 Å². The number of methoxy groups -OCH3 is 2. The second kappa shape index (κ2) is 15.4. The molecule has 1 saturated heterocycles. The van der Waals surface area contributed by atoms with Gasteiger partial charge in [-0.05, 0) is 72.5 Å². The van der Waals surface area contributed by atoms with E-state index in [1.807, 2.05) is 17.9 Å². The van der Waals surface area contributed by atoms with Gasteiger partial charge in [-0.25, -0.2) is 9.37 Å². The molecular weight excluding hydrogens is 619 g/mol. The highest BCUT2D eigenvalue weighted by molar-refractivity contribution is 5.92. The molecule has 0 bridgehead atoms. The lowest BCUT2D eigenvalue weighted by Crippen LogP contribution is -2.51. The molecule has 6 rings (SSSR count). The fraction of sp³-hybridized carbons (Fsp3) is 0.462. The van der Waals surface area contributed by atoms with E-state index in [-0.39, 0.29) is 30.2 Å². The molecule has 3 aromatic carbocycles. The fourth-order valence-electron chi connectivity index (χ4n) is 7.68. The number of halogens is 1. The van der Waals surface area contributed by atoms with Crippen LogP contribution in [0.3, 0.4) is 0 Å². The van der Waals surface area contributed by atoms with Crippen LogP contribution in [-0.4, -0.2) is 61.2 Å². The van der Waals surface area contributed by atoms with Crippen molar-refractivity contribution in [2.45, 2.75) is 64.5 Å². The van der Waals surface area contributed by atoms with Crippen LogP contribution >= 0.6 is 0 Å². The Labute approximate surface area is 289 Å². The maximum atomic E-state index is 14.0. The van der Waals surface area contributed by atoms with E-state index >= 15 is 0 Å². The van der Waals surface area contributed by atoms with E-state index in [1.165, 1.54) is 43.4 Å². The summed E-state index contributed by atoms with van der Waals surface area (Å²) in [5, 5.41) is 4.11. The second-order valence-electron chi connectivity index (χ2n) is 13.5. The highest BCUT2D eigenvalue weighted by atomic mass is 19.1. The van der Waals surface area contributed by atoms with Gasteiger partial charge in [-0.2, -0.15) is 4.98 Å². The maximum absolute atomic E-state index is 14.0. The second-order valence-corrected chi connectivity index (χ2v) is 13.5. The number of rotatable bonds is 12. The van der Waals surface area contributed by atoms with Crippen LogP contribution in [-0.2, 0) is 11.2 Å². The molecule has 9 nitrogen and oxygen atoms in total. The van der Waals surface area contributed by atoms with Gasteiger partial charge in [0.15, 0.2) is 11.5 Å². The van der Waals surface area contributed by atoms with Crippen LogP contribution in [0.5, 0.6) is 11.5 Å². The molecule has 1 aliphatic carbocycles. The van der Waals surface area contributed by atoms with E-state index in [4.69, 9.17) is 25.2 Å². The molecule has 260 valence electrons. The maximum Gasteiger partial charge on any atom is 0.228 e. The van der Waals surface area contributed by atoms with E-state index < -0.39 is 0 Å². The summed E-state index contributed by atoms with van der Waals surface area (Å²) in [5.41, 5.74) is 10.5. The lowest BCUT2D eigenvalue weighted by atomic mass is 9.93. The van der Waals surface area contributed by atoms with Crippen molar-refractivity contribution in [3.8, 4) is 11.5 Å². The van der Waals surface area contributed by atoms with Crippen molar-refractivity contribution in [2.75, 3.05) is 51.0 Å². The average molecular weight is 669 g/mol. The monoisotopic (exact) mass is 668 g/mol. The Morgan fingerprint density at radius 2 is 1.76 bits per heavy atom. The van der Waals surface area contributed by atoms with Gasteiger partial charge in [0.2, 0.25) is 11.9 Å². The molecule has 2 aliphatic rings. The first-order valence-corrected chi connectivity index (χ1v) is 17.6. The minimum atomic E-state index is -0.293. The number of carbonyl (C=O) groups excluding carboxylic acids is 1. The Balaban J connectivity index is 1.31. The molecule has 4 atom stereocenters. The molecule has 3 unspecified atom stereocenters. The SMILES string of the molecule is CCN[C@H](CC(=O)N1CCN(c2nc(N)c3cc(OC)c(OC)cc3n2)C(c2cccc(CC3CCC(CC)C3)c2)C1)c1ccc(F)cc1. The summed E-state index contributed by atoms with van der Waals surface area (Å²) in [6.45, 7) is 6.51. The van der Waals surface area contributed by atoms with Crippen molar-refractivity contribution in [2.24, 2.45) is 11.8 Å². The predicted octanol–water partition coefficient (Wildman–Crippen LogP) is 6.87. The van der Waals surface area contributed by atoms with Crippen molar-refractivity contribution in [1.82, 2.24) is 20.2 Å². The Morgan fingerprint density at radius 1 is 1.00 bits per heavy atom. The van der Waals surface area contributed by atoms with Gasteiger partial charge in [-0.1, -0.05) is 63.1 Å². The molecule has 2 heterocycles. The van der Waals surface area contributed by atoms with Gasteiger partial charge < -0.3 is 30.3 Å². The van der Waals surface area contributed by atoms with Gasteiger partial charge >= 0.3 is 0 Å². The van der Waals surface area contributed by atoms with E-state index in [0.29, 0.717) is 66.3 Å². The molecule has 1 saturated carbocycles.